The summed E-state index contributed by atoms with van der Waals surface area (Å²) in [5.74, 6) is 0.388. The minimum atomic E-state index is -1.28. The van der Waals surface area contributed by atoms with Crippen LogP contribution in [0.1, 0.15) is 20.3 Å². The Morgan fingerprint density at radius 3 is 2.53 bits per heavy atom. The average molecular weight is 208 g/mol. The molecule has 3 nitrogen and oxygen atoms in total. The van der Waals surface area contributed by atoms with Crippen LogP contribution in [-0.4, -0.2) is 23.5 Å². The molecule has 1 fully saturated rings. The van der Waals surface area contributed by atoms with E-state index >= 15 is 0 Å². The van der Waals surface area contributed by atoms with E-state index in [-0.39, 0.29) is 11.7 Å². The smallest absolute Gasteiger partial charge is 0.427 e. The van der Waals surface area contributed by atoms with E-state index in [1.165, 1.54) is 0 Å². The summed E-state index contributed by atoms with van der Waals surface area (Å²) >= 11 is 0. The van der Waals surface area contributed by atoms with Crippen molar-refractivity contribution in [3.63, 3.8) is 0 Å². The van der Waals surface area contributed by atoms with Crippen LogP contribution in [0.2, 0.25) is 5.82 Å². The Morgan fingerprint density at radius 2 is 2.13 bits per heavy atom. The molecule has 0 heterocycles. The molecule has 0 amide bonds. The van der Waals surface area contributed by atoms with E-state index in [1.807, 2.05) is 13.0 Å². The van der Waals surface area contributed by atoms with Crippen LogP contribution in [-0.2, 0) is 4.79 Å². The lowest BCUT2D eigenvalue weighted by Gasteiger charge is -2.41. The third-order valence-electron chi connectivity index (χ3n) is 3.06. The number of aldehydes is 1. The molecular weight excluding hydrogens is 191 g/mol. The molecule has 15 heavy (non-hydrogen) atoms. The summed E-state index contributed by atoms with van der Waals surface area (Å²) in [5.41, 5.74) is 0.611. The Balaban J connectivity index is 2.73. The number of hydrogen-bond acceptors (Lipinski definition) is 3. The normalized spacial score (nSPS) is 31.5. The van der Waals surface area contributed by atoms with Crippen molar-refractivity contribution in [3.8, 4) is 0 Å². The van der Waals surface area contributed by atoms with Crippen LogP contribution in [0.5, 0.6) is 0 Å². The molecule has 0 saturated heterocycles. The third kappa shape index (κ3) is 2.80. The minimum Gasteiger partial charge on any atom is -0.427 e. The minimum absolute atomic E-state index is 0.0985. The molecule has 1 rings (SSSR count). The van der Waals surface area contributed by atoms with Gasteiger partial charge in [0.25, 0.3) is 0 Å². The summed E-state index contributed by atoms with van der Waals surface area (Å²) in [5, 5.41) is 18.2. The van der Waals surface area contributed by atoms with Gasteiger partial charge in [-0.15, -0.1) is 0 Å². The molecule has 0 bridgehead atoms. The van der Waals surface area contributed by atoms with E-state index in [0.29, 0.717) is 11.5 Å². The fourth-order valence-corrected chi connectivity index (χ4v) is 2.13. The Kier molecular flexibility index (Phi) is 4.30. The summed E-state index contributed by atoms with van der Waals surface area (Å²) in [6.45, 7) is 3.90. The van der Waals surface area contributed by atoms with Gasteiger partial charge in [-0.1, -0.05) is 25.2 Å². The van der Waals surface area contributed by atoms with Crippen LogP contribution < -0.4 is 0 Å². The van der Waals surface area contributed by atoms with E-state index in [2.05, 4.69) is 6.92 Å². The van der Waals surface area contributed by atoms with E-state index in [0.717, 1.165) is 12.7 Å². The van der Waals surface area contributed by atoms with E-state index in [1.54, 1.807) is 12.2 Å². The van der Waals surface area contributed by atoms with Gasteiger partial charge in [0, 0.05) is 11.4 Å². The molecule has 1 aliphatic rings. The van der Waals surface area contributed by atoms with Crippen LogP contribution >= 0.6 is 0 Å². The van der Waals surface area contributed by atoms with Crippen molar-refractivity contribution in [2.45, 2.75) is 26.1 Å². The van der Waals surface area contributed by atoms with Gasteiger partial charge in [-0.25, -0.2) is 0 Å². The molecule has 3 unspecified atom stereocenters. The van der Waals surface area contributed by atoms with E-state index < -0.39 is 7.12 Å². The van der Waals surface area contributed by atoms with Gasteiger partial charge >= 0.3 is 7.12 Å². The second-order valence-corrected chi connectivity index (χ2v) is 4.15. The van der Waals surface area contributed by atoms with Gasteiger partial charge in [0.2, 0.25) is 0 Å². The topological polar surface area (TPSA) is 57.5 Å². The first kappa shape index (κ1) is 12.2. The Bertz CT molecular complexity index is 284. The molecule has 1 aliphatic carbocycles. The van der Waals surface area contributed by atoms with Crippen LogP contribution in [0.3, 0.4) is 0 Å². The molecule has 3 atom stereocenters. The number of carbonyl (C=O) groups excluding carboxylic acids is 1. The standard InChI is InChI=1S/C11H17BO3/c1-3-4-9(7-13)6-10-8(2)5-11(10)12(14)15/h3-4,6-8,10-11,14-15H,5H2,1-2H3/b4-3-,9-6+. The second-order valence-electron chi connectivity index (χ2n) is 4.15. The van der Waals surface area contributed by atoms with Gasteiger partial charge in [-0.05, 0) is 25.2 Å². The molecule has 1 saturated carbocycles. The number of hydrogen-bond donors (Lipinski definition) is 2. The van der Waals surface area contributed by atoms with Crippen LogP contribution in [0.4, 0.5) is 0 Å². The van der Waals surface area contributed by atoms with Gasteiger partial charge in [-0.3, -0.25) is 4.79 Å². The lowest BCUT2D eigenvalue weighted by atomic mass is 9.50. The van der Waals surface area contributed by atoms with Gasteiger partial charge in [0.1, 0.15) is 6.29 Å². The van der Waals surface area contributed by atoms with Crippen molar-refractivity contribution in [3.05, 3.63) is 23.8 Å². The summed E-state index contributed by atoms with van der Waals surface area (Å²) in [6, 6.07) is 0. The largest absolute Gasteiger partial charge is 0.455 e. The van der Waals surface area contributed by atoms with Crippen LogP contribution in [0.25, 0.3) is 0 Å². The fourth-order valence-electron chi connectivity index (χ4n) is 2.13. The van der Waals surface area contributed by atoms with Crippen molar-refractivity contribution < 1.29 is 14.8 Å². The van der Waals surface area contributed by atoms with E-state index in [4.69, 9.17) is 10.0 Å². The van der Waals surface area contributed by atoms with Crippen molar-refractivity contribution in [1.82, 2.24) is 0 Å². The van der Waals surface area contributed by atoms with Gasteiger partial charge < -0.3 is 10.0 Å². The summed E-state index contributed by atoms with van der Waals surface area (Å²) in [6.07, 6.45) is 6.98. The first-order valence-electron chi connectivity index (χ1n) is 5.26. The molecule has 0 aliphatic heterocycles. The van der Waals surface area contributed by atoms with Gasteiger partial charge in [0.15, 0.2) is 0 Å². The molecule has 2 N–H and O–H groups in total. The predicted molar refractivity (Wildman–Crippen MR) is 60.2 cm³/mol. The summed E-state index contributed by atoms with van der Waals surface area (Å²) < 4.78 is 0. The highest BCUT2D eigenvalue weighted by atomic mass is 16.4. The molecule has 0 aromatic heterocycles. The maximum atomic E-state index is 10.7. The van der Waals surface area contributed by atoms with Crippen molar-refractivity contribution >= 4 is 13.4 Å². The maximum absolute atomic E-state index is 10.7. The molecule has 0 radical (unpaired) electrons. The van der Waals surface area contributed by atoms with Gasteiger partial charge in [-0.2, -0.15) is 0 Å². The molecule has 82 valence electrons. The fraction of sp³-hybridized carbons (Fsp3) is 0.545. The third-order valence-corrected chi connectivity index (χ3v) is 3.06. The van der Waals surface area contributed by atoms with Gasteiger partial charge in [0.05, 0.1) is 0 Å². The first-order chi connectivity index (χ1) is 7.10. The van der Waals surface area contributed by atoms with Crippen LogP contribution in [0, 0.1) is 11.8 Å². The zero-order chi connectivity index (χ0) is 11.4. The molecular formula is C11H17BO3. The van der Waals surface area contributed by atoms with Crippen molar-refractivity contribution in [2.24, 2.45) is 11.8 Å². The number of rotatable bonds is 4. The Labute approximate surface area is 90.6 Å². The number of allylic oxidation sites excluding steroid dienone is 4. The lowest BCUT2D eigenvalue weighted by molar-refractivity contribution is -0.104. The Hall–Kier alpha value is -0.865. The molecule has 0 aromatic rings. The molecule has 0 spiro atoms. The van der Waals surface area contributed by atoms with E-state index in [9.17, 15) is 4.79 Å². The summed E-state index contributed by atoms with van der Waals surface area (Å²) in [4.78, 5) is 10.7. The molecule has 0 aromatic carbocycles. The first-order valence-corrected chi connectivity index (χ1v) is 5.26. The highest BCUT2D eigenvalue weighted by Crippen LogP contribution is 2.46. The highest BCUT2D eigenvalue weighted by Gasteiger charge is 2.43. The van der Waals surface area contributed by atoms with Crippen LogP contribution in [0.15, 0.2) is 23.8 Å². The quantitative estimate of drug-likeness (QED) is 0.315. The monoisotopic (exact) mass is 208 g/mol. The zero-order valence-corrected chi connectivity index (χ0v) is 9.13. The Morgan fingerprint density at radius 1 is 1.47 bits per heavy atom. The SMILES string of the molecule is C/C=C\C(C=O)=C/C1C(C)CC1B(O)O. The second kappa shape index (κ2) is 5.28. The summed E-state index contributed by atoms with van der Waals surface area (Å²) in [7, 11) is -1.28. The molecule has 4 heteroatoms. The predicted octanol–water partition coefficient (Wildman–Crippen LogP) is 1.19. The average Bonchev–Trinajstić information content (AvgIpc) is 2.19. The lowest BCUT2D eigenvalue weighted by Crippen LogP contribution is -2.39. The highest BCUT2D eigenvalue weighted by molar-refractivity contribution is 6.43. The maximum Gasteiger partial charge on any atom is 0.455 e. The zero-order valence-electron chi connectivity index (χ0n) is 9.13. The number of carbonyl (C=O) groups is 1. The van der Waals surface area contributed by atoms with Crippen molar-refractivity contribution in [2.75, 3.05) is 0 Å². The van der Waals surface area contributed by atoms with Crippen molar-refractivity contribution in [1.29, 1.82) is 0 Å².